The molecule has 0 spiro atoms. The van der Waals surface area contributed by atoms with Crippen molar-refractivity contribution in [2.75, 3.05) is 0 Å². The van der Waals surface area contributed by atoms with Gasteiger partial charge in [-0.05, 0) is 48.8 Å². The second-order valence-corrected chi connectivity index (χ2v) is 4.87. The zero-order chi connectivity index (χ0) is 10.7. The lowest BCUT2D eigenvalue weighted by Gasteiger charge is -2.22. The van der Waals surface area contributed by atoms with Gasteiger partial charge in [-0.25, -0.2) is 0 Å². The molecular weight excluding hydrogens is 180 g/mol. The standard InChI is InChI=1S/C15H22/c1-3-13-11-15(10-9-12(13)2)14-7-5-4-6-8-14/h9-11,14H,3-8H2,1-2H3. The van der Waals surface area contributed by atoms with E-state index in [9.17, 15) is 0 Å². The van der Waals surface area contributed by atoms with Gasteiger partial charge in [-0.3, -0.25) is 0 Å². The van der Waals surface area contributed by atoms with Crippen molar-refractivity contribution in [3.05, 3.63) is 34.9 Å². The first-order valence-corrected chi connectivity index (χ1v) is 6.40. The maximum Gasteiger partial charge on any atom is -0.0162 e. The van der Waals surface area contributed by atoms with Gasteiger partial charge in [0.2, 0.25) is 0 Å². The van der Waals surface area contributed by atoms with Crippen molar-refractivity contribution in [1.29, 1.82) is 0 Å². The molecule has 0 radical (unpaired) electrons. The van der Waals surface area contributed by atoms with Gasteiger partial charge in [0, 0.05) is 0 Å². The molecule has 15 heavy (non-hydrogen) atoms. The summed E-state index contributed by atoms with van der Waals surface area (Å²) in [4.78, 5) is 0. The molecule has 1 aliphatic carbocycles. The summed E-state index contributed by atoms with van der Waals surface area (Å²) < 4.78 is 0. The Balaban J connectivity index is 2.20. The number of hydrogen-bond donors (Lipinski definition) is 0. The van der Waals surface area contributed by atoms with Gasteiger partial charge in [0.25, 0.3) is 0 Å². The maximum atomic E-state index is 2.45. The van der Waals surface area contributed by atoms with E-state index in [0.717, 1.165) is 5.92 Å². The first-order chi connectivity index (χ1) is 7.31. The van der Waals surface area contributed by atoms with Crippen molar-refractivity contribution in [2.24, 2.45) is 0 Å². The van der Waals surface area contributed by atoms with Crippen LogP contribution in [0.5, 0.6) is 0 Å². The smallest absolute Gasteiger partial charge is 0.0162 e. The van der Waals surface area contributed by atoms with E-state index in [1.807, 2.05) is 0 Å². The third kappa shape index (κ3) is 2.42. The first-order valence-electron chi connectivity index (χ1n) is 6.40. The summed E-state index contributed by atoms with van der Waals surface area (Å²) in [6, 6.07) is 7.11. The quantitative estimate of drug-likeness (QED) is 0.657. The molecule has 2 rings (SSSR count). The summed E-state index contributed by atoms with van der Waals surface area (Å²) in [6.07, 6.45) is 8.30. The fourth-order valence-electron chi connectivity index (χ4n) is 2.76. The summed E-state index contributed by atoms with van der Waals surface area (Å²) in [5, 5.41) is 0. The molecule has 0 atom stereocenters. The van der Waals surface area contributed by atoms with Crippen molar-refractivity contribution < 1.29 is 0 Å². The van der Waals surface area contributed by atoms with Crippen molar-refractivity contribution in [2.45, 2.75) is 58.3 Å². The fourth-order valence-corrected chi connectivity index (χ4v) is 2.76. The Kier molecular flexibility index (Phi) is 3.45. The fraction of sp³-hybridized carbons (Fsp3) is 0.600. The molecule has 1 fully saturated rings. The Morgan fingerprint density at radius 3 is 2.53 bits per heavy atom. The average molecular weight is 202 g/mol. The van der Waals surface area contributed by atoms with Crippen LogP contribution in [0.4, 0.5) is 0 Å². The van der Waals surface area contributed by atoms with Crippen LogP contribution in [0.15, 0.2) is 18.2 Å². The summed E-state index contributed by atoms with van der Waals surface area (Å²) in [7, 11) is 0. The summed E-state index contributed by atoms with van der Waals surface area (Å²) in [5.41, 5.74) is 4.59. The molecule has 0 aliphatic heterocycles. The van der Waals surface area contributed by atoms with Gasteiger partial charge >= 0.3 is 0 Å². The topological polar surface area (TPSA) is 0 Å². The third-order valence-corrected chi connectivity index (χ3v) is 3.83. The minimum Gasteiger partial charge on any atom is -0.0613 e. The van der Waals surface area contributed by atoms with Crippen molar-refractivity contribution >= 4 is 0 Å². The molecule has 0 heterocycles. The van der Waals surface area contributed by atoms with Crippen LogP contribution >= 0.6 is 0 Å². The SMILES string of the molecule is CCc1cc(C2CCCCC2)ccc1C. The van der Waals surface area contributed by atoms with E-state index in [2.05, 4.69) is 32.0 Å². The molecule has 1 aliphatic rings. The highest BCUT2D eigenvalue weighted by Gasteiger charge is 2.15. The second-order valence-electron chi connectivity index (χ2n) is 4.87. The summed E-state index contributed by atoms with van der Waals surface area (Å²) in [5.74, 6) is 0.852. The predicted octanol–water partition coefficient (Wildman–Crippen LogP) is 4.61. The molecule has 0 aromatic heterocycles. The lowest BCUT2D eigenvalue weighted by molar-refractivity contribution is 0.443. The zero-order valence-corrected chi connectivity index (χ0v) is 10.1. The molecule has 1 saturated carbocycles. The molecule has 82 valence electrons. The number of rotatable bonds is 2. The van der Waals surface area contributed by atoms with Crippen LogP contribution in [0, 0.1) is 6.92 Å². The molecule has 1 aromatic rings. The number of benzene rings is 1. The van der Waals surface area contributed by atoms with Gasteiger partial charge in [-0.1, -0.05) is 44.4 Å². The molecule has 0 saturated heterocycles. The molecule has 1 aromatic carbocycles. The van der Waals surface area contributed by atoms with Crippen LogP contribution < -0.4 is 0 Å². The van der Waals surface area contributed by atoms with Gasteiger partial charge in [0.1, 0.15) is 0 Å². The Morgan fingerprint density at radius 1 is 1.13 bits per heavy atom. The van der Waals surface area contributed by atoms with Crippen LogP contribution in [-0.4, -0.2) is 0 Å². The van der Waals surface area contributed by atoms with E-state index >= 15 is 0 Å². The molecule has 0 unspecified atom stereocenters. The highest BCUT2D eigenvalue weighted by atomic mass is 14.2. The van der Waals surface area contributed by atoms with E-state index in [-0.39, 0.29) is 0 Å². The summed E-state index contributed by atoms with van der Waals surface area (Å²) in [6.45, 7) is 4.48. The van der Waals surface area contributed by atoms with Gasteiger partial charge in [-0.2, -0.15) is 0 Å². The van der Waals surface area contributed by atoms with E-state index < -0.39 is 0 Å². The second kappa shape index (κ2) is 4.83. The lowest BCUT2D eigenvalue weighted by Crippen LogP contribution is -2.05. The highest BCUT2D eigenvalue weighted by Crippen LogP contribution is 2.33. The third-order valence-electron chi connectivity index (χ3n) is 3.83. The Bertz CT molecular complexity index is 319. The van der Waals surface area contributed by atoms with Crippen LogP contribution in [0.3, 0.4) is 0 Å². The monoisotopic (exact) mass is 202 g/mol. The van der Waals surface area contributed by atoms with Gasteiger partial charge < -0.3 is 0 Å². The van der Waals surface area contributed by atoms with Crippen LogP contribution in [-0.2, 0) is 6.42 Å². The Labute approximate surface area is 93.7 Å². The van der Waals surface area contributed by atoms with Gasteiger partial charge in [0.05, 0.1) is 0 Å². The molecular formula is C15H22. The number of hydrogen-bond acceptors (Lipinski definition) is 0. The molecule has 0 N–H and O–H groups in total. The Hall–Kier alpha value is -0.780. The minimum absolute atomic E-state index is 0.852. The Morgan fingerprint density at radius 2 is 1.87 bits per heavy atom. The van der Waals surface area contributed by atoms with E-state index in [1.165, 1.54) is 49.7 Å². The predicted molar refractivity (Wildman–Crippen MR) is 66.4 cm³/mol. The van der Waals surface area contributed by atoms with Crippen molar-refractivity contribution in [1.82, 2.24) is 0 Å². The normalized spacial score (nSPS) is 18.0. The van der Waals surface area contributed by atoms with Gasteiger partial charge in [-0.15, -0.1) is 0 Å². The largest absolute Gasteiger partial charge is 0.0613 e. The van der Waals surface area contributed by atoms with E-state index in [4.69, 9.17) is 0 Å². The molecule has 0 amide bonds. The number of aryl methyl sites for hydroxylation is 2. The van der Waals surface area contributed by atoms with E-state index in [0.29, 0.717) is 0 Å². The summed E-state index contributed by atoms with van der Waals surface area (Å²) >= 11 is 0. The maximum absolute atomic E-state index is 2.45. The highest BCUT2D eigenvalue weighted by molar-refractivity contribution is 5.33. The lowest BCUT2D eigenvalue weighted by atomic mass is 9.83. The molecule has 0 nitrogen and oxygen atoms in total. The van der Waals surface area contributed by atoms with E-state index in [1.54, 1.807) is 5.56 Å². The van der Waals surface area contributed by atoms with Crippen LogP contribution in [0.1, 0.15) is 61.6 Å². The van der Waals surface area contributed by atoms with Crippen molar-refractivity contribution in [3.63, 3.8) is 0 Å². The van der Waals surface area contributed by atoms with Gasteiger partial charge in [0.15, 0.2) is 0 Å². The first kappa shape index (κ1) is 10.7. The zero-order valence-electron chi connectivity index (χ0n) is 10.1. The molecule has 0 bridgehead atoms. The van der Waals surface area contributed by atoms with Crippen LogP contribution in [0.25, 0.3) is 0 Å². The molecule has 0 heteroatoms. The van der Waals surface area contributed by atoms with Crippen LogP contribution in [0.2, 0.25) is 0 Å². The average Bonchev–Trinajstić information content (AvgIpc) is 2.31. The minimum atomic E-state index is 0.852. The van der Waals surface area contributed by atoms with Crippen molar-refractivity contribution in [3.8, 4) is 0 Å².